The first-order chi connectivity index (χ1) is 14.8. The second kappa shape index (κ2) is 10.0. The van der Waals surface area contributed by atoms with Crippen LogP contribution in [0.15, 0.2) is 48.5 Å². The Labute approximate surface area is 193 Å². The maximum atomic E-state index is 12.9. The van der Waals surface area contributed by atoms with Crippen LogP contribution in [0.2, 0.25) is 15.1 Å². The van der Waals surface area contributed by atoms with E-state index in [-0.39, 0.29) is 15.7 Å². The number of carbonyl (C=O) groups is 2. The minimum absolute atomic E-state index is 0.0249. The number of para-hydroxylation sites is 1. The maximum absolute atomic E-state index is 12.9. The van der Waals surface area contributed by atoms with Gasteiger partial charge < -0.3 is 15.2 Å². The van der Waals surface area contributed by atoms with Gasteiger partial charge in [0, 0.05) is 6.07 Å². The molecular weight excluding hydrogens is 465 g/mol. The molecule has 10 heteroatoms. The second-order valence-electron chi connectivity index (χ2n) is 6.43. The van der Waals surface area contributed by atoms with Crippen molar-refractivity contribution in [1.82, 2.24) is 15.1 Å². The highest BCUT2D eigenvalue weighted by atomic mass is 35.5. The molecule has 0 aliphatic heterocycles. The summed E-state index contributed by atoms with van der Waals surface area (Å²) in [6.07, 6.45) is -0.394. The molecule has 1 amide bonds. The number of aromatic nitrogens is 2. The Morgan fingerprint density at radius 3 is 2.52 bits per heavy atom. The maximum Gasteiger partial charge on any atom is 0.305 e. The van der Waals surface area contributed by atoms with Crippen LogP contribution in [0, 0.1) is 0 Å². The number of hydrogen-bond acceptors (Lipinski definition) is 4. The Hall–Kier alpha value is -2.74. The molecular formula is C21H18Cl3N3O4. The molecule has 0 fully saturated rings. The first kappa shape index (κ1) is 22.9. The van der Waals surface area contributed by atoms with E-state index in [1.54, 1.807) is 49.4 Å². The Kier molecular flexibility index (Phi) is 7.43. The number of nitrogens with one attached hydrogen (secondary N) is 1. The van der Waals surface area contributed by atoms with E-state index in [0.29, 0.717) is 28.8 Å². The zero-order valence-corrected chi connectivity index (χ0v) is 18.6. The molecule has 0 bridgehead atoms. The van der Waals surface area contributed by atoms with Crippen molar-refractivity contribution in [2.24, 2.45) is 0 Å². The van der Waals surface area contributed by atoms with Crippen molar-refractivity contribution >= 4 is 46.7 Å². The molecule has 0 aliphatic rings. The largest absolute Gasteiger partial charge is 0.481 e. The molecule has 31 heavy (non-hydrogen) atoms. The summed E-state index contributed by atoms with van der Waals surface area (Å²) < 4.78 is 7.01. The average molecular weight is 483 g/mol. The van der Waals surface area contributed by atoms with Gasteiger partial charge in [0.2, 0.25) is 5.88 Å². The molecule has 0 spiro atoms. The highest BCUT2D eigenvalue weighted by Gasteiger charge is 2.25. The minimum Gasteiger partial charge on any atom is -0.481 e. The smallest absolute Gasteiger partial charge is 0.305 e. The zero-order valence-electron chi connectivity index (χ0n) is 16.3. The van der Waals surface area contributed by atoms with E-state index in [2.05, 4.69) is 10.4 Å². The Balaban J connectivity index is 1.95. The lowest BCUT2D eigenvalue weighted by molar-refractivity contribution is -0.137. The second-order valence-corrected chi connectivity index (χ2v) is 7.62. The first-order valence-corrected chi connectivity index (χ1v) is 10.4. The van der Waals surface area contributed by atoms with E-state index < -0.39 is 24.3 Å². The van der Waals surface area contributed by atoms with Gasteiger partial charge in [-0.1, -0.05) is 59.1 Å². The molecule has 1 atom stereocenters. The Bertz CT molecular complexity index is 1120. The van der Waals surface area contributed by atoms with E-state index in [4.69, 9.17) is 39.5 Å². The number of rotatable bonds is 8. The van der Waals surface area contributed by atoms with Crippen molar-refractivity contribution in [3.05, 3.63) is 74.9 Å². The van der Waals surface area contributed by atoms with Gasteiger partial charge in [-0.3, -0.25) is 9.59 Å². The van der Waals surface area contributed by atoms with E-state index in [0.717, 1.165) is 0 Å². The number of halogens is 3. The van der Waals surface area contributed by atoms with Gasteiger partial charge in [-0.2, -0.15) is 9.78 Å². The van der Waals surface area contributed by atoms with Crippen LogP contribution >= 0.6 is 34.8 Å². The summed E-state index contributed by atoms with van der Waals surface area (Å²) >= 11 is 18.6. The van der Waals surface area contributed by atoms with Crippen LogP contribution < -0.4 is 10.1 Å². The molecule has 7 nitrogen and oxygen atoms in total. The summed E-state index contributed by atoms with van der Waals surface area (Å²) in [5.41, 5.74) is 0.948. The molecule has 1 heterocycles. The summed E-state index contributed by atoms with van der Waals surface area (Å²) in [4.78, 5) is 24.3. The standard InChI is InChI=1S/C21H18Cl3N3O4/c1-2-31-18-10-16(26-27(18)17-9-4-3-7-13(17)22)21(30)25-15(11-19(28)29)12-6-5-8-14(23)20(12)24/h3-10,15H,2,11H2,1H3,(H,25,30)(H,28,29)/t15-/m0/s1. The fourth-order valence-corrected chi connectivity index (χ4v) is 3.61. The number of ether oxygens (including phenoxy) is 1. The summed E-state index contributed by atoms with van der Waals surface area (Å²) in [7, 11) is 0. The molecule has 0 saturated carbocycles. The molecule has 162 valence electrons. The molecule has 0 aliphatic carbocycles. The summed E-state index contributed by atoms with van der Waals surface area (Å²) in [5, 5.41) is 17.1. The van der Waals surface area contributed by atoms with Crippen molar-refractivity contribution < 1.29 is 19.4 Å². The van der Waals surface area contributed by atoms with E-state index >= 15 is 0 Å². The number of amides is 1. The van der Waals surface area contributed by atoms with Crippen molar-refractivity contribution in [2.75, 3.05) is 6.61 Å². The third-order valence-corrected chi connectivity index (χ3v) is 5.48. The van der Waals surface area contributed by atoms with Crippen LogP contribution in [0.4, 0.5) is 0 Å². The third kappa shape index (κ3) is 5.31. The Morgan fingerprint density at radius 2 is 1.84 bits per heavy atom. The first-order valence-electron chi connectivity index (χ1n) is 9.26. The normalized spacial score (nSPS) is 11.7. The average Bonchev–Trinajstić information content (AvgIpc) is 3.14. The summed E-state index contributed by atoms with van der Waals surface area (Å²) in [5.74, 6) is -1.40. The lowest BCUT2D eigenvalue weighted by atomic mass is 10.0. The van der Waals surface area contributed by atoms with Crippen LogP contribution in [-0.2, 0) is 4.79 Å². The van der Waals surface area contributed by atoms with Gasteiger partial charge in [-0.15, -0.1) is 0 Å². The predicted molar refractivity (Wildman–Crippen MR) is 119 cm³/mol. The summed E-state index contributed by atoms with van der Waals surface area (Å²) in [6.45, 7) is 2.14. The van der Waals surface area contributed by atoms with Crippen molar-refractivity contribution in [3.8, 4) is 11.6 Å². The Morgan fingerprint density at radius 1 is 1.13 bits per heavy atom. The summed E-state index contributed by atoms with van der Waals surface area (Å²) in [6, 6.07) is 12.3. The monoisotopic (exact) mass is 481 g/mol. The molecule has 1 aromatic heterocycles. The minimum atomic E-state index is -1.11. The van der Waals surface area contributed by atoms with Gasteiger partial charge in [0.25, 0.3) is 5.91 Å². The fourth-order valence-electron chi connectivity index (χ4n) is 2.96. The molecule has 0 unspecified atom stereocenters. The van der Waals surface area contributed by atoms with Crippen molar-refractivity contribution in [2.45, 2.75) is 19.4 Å². The van der Waals surface area contributed by atoms with E-state index in [9.17, 15) is 14.7 Å². The number of benzene rings is 2. The van der Waals surface area contributed by atoms with Gasteiger partial charge >= 0.3 is 5.97 Å². The van der Waals surface area contributed by atoms with Gasteiger partial charge in [0.1, 0.15) is 0 Å². The third-order valence-electron chi connectivity index (χ3n) is 4.32. The van der Waals surface area contributed by atoms with Crippen LogP contribution in [0.1, 0.15) is 35.4 Å². The molecule has 3 rings (SSSR count). The topological polar surface area (TPSA) is 93.4 Å². The fraction of sp³-hybridized carbons (Fsp3) is 0.190. The van der Waals surface area contributed by atoms with Crippen LogP contribution in [-0.4, -0.2) is 33.4 Å². The van der Waals surface area contributed by atoms with Gasteiger partial charge in [-0.05, 0) is 30.7 Å². The van der Waals surface area contributed by atoms with Crippen LogP contribution in [0.25, 0.3) is 5.69 Å². The van der Waals surface area contributed by atoms with Crippen LogP contribution in [0.3, 0.4) is 0 Å². The predicted octanol–water partition coefficient (Wildman–Crippen LogP) is 5.18. The van der Waals surface area contributed by atoms with Crippen molar-refractivity contribution in [3.63, 3.8) is 0 Å². The number of hydrogen-bond donors (Lipinski definition) is 2. The quantitative estimate of drug-likeness (QED) is 0.461. The molecule has 2 aromatic carbocycles. The zero-order chi connectivity index (χ0) is 22.5. The molecule has 0 radical (unpaired) electrons. The lowest BCUT2D eigenvalue weighted by Crippen LogP contribution is -2.30. The van der Waals surface area contributed by atoms with Gasteiger partial charge in [0.15, 0.2) is 5.69 Å². The highest BCUT2D eigenvalue weighted by Crippen LogP contribution is 2.32. The van der Waals surface area contributed by atoms with Crippen molar-refractivity contribution in [1.29, 1.82) is 0 Å². The number of carboxylic acids is 1. The molecule has 3 aromatic rings. The number of carbonyl (C=O) groups excluding carboxylic acids is 1. The highest BCUT2D eigenvalue weighted by molar-refractivity contribution is 6.42. The molecule has 2 N–H and O–H groups in total. The number of aliphatic carboxylic acids is 1. The van der Waals surface area contributed by atoms with E-state index in [1.807, 2.05) is 0 Å². The van der Waals surface area contributed by atoms with Crippen LogP contribution in [0.5, 0.6) is 5.88 Å². The SMILES string of the molecule is CCOc1cc(C(=O)N[C@@H](CC(=O)O)c2cccc(Cl)c2Cl)nn1-c1ccccc1Cl. The molecule has 0 saturated heterocycles. The van der Waals surface area contributed by atoms with Gasteiger partial charge in [-0.25, -0.2) is 0 Å². The number of carboxylic acid groups (broad SMARTS) is 1. The number of nitrogens with zero attached hydrogens (tertiary/aromatic N) is 2. The van der Waals surface area contributed by atoms with E-state index in [1.165, 1.54) is 10.7 Å². The van der Waals surface area contributed by atoms with Gasteiger partial charge in [0.05, 0.1) is 39.8 Å². The lowest BCUT2D eigenvalue weighted by Gasteiger charge is -2.18.